The summed E-state index contributed by atoms with van der Waals surface area (Å²) in [5, 5.41) is 5.14. The number of rotatable bonds is 6. The number of esters is 1. The largest absolute Gasteiger partial charge is 0.462 e. The highest BCUT2D eigenvalue weighted by Crippen LogP contribution is 2.18. The van der Waals surface area contributed by atoms with Crippen molar-refractivity contribution in [1.29, 1.82) is 0 Å². The second-order valence-corrected chi connectivity index (χ2v) is 5.74. The highest BCUT2D eigenvalue weighted by molar-refractivity contribution is 7.89. The Kier molecular flexibility index (Phi) is 5.50. The van der Waals surface area contributed by atoms with Gasteiger partial charge in [-0.25, -0.2) is 18.4 Å². The fourth-order valence-corrected chi connectivity index (χ4v) is 2.50. The van der Waals surface area contributed by atoms with Gasteiger partial charge in [-0.05, 0) is 30.5 Å². The Bertz CT molecular complexity index is 552. The quantitative estimate of drug-likeness (QED) is 0.638. The van der Waals surface area contributed by atoms with Gasteiger partial charge in [-0.15, -0.1) is 0 Å². The van der Waals surface area contributed by atoms with Gasteiger partial charge in [0.1, 0.15) is 0 Å². The van der Waals surface area contributed by atoms with E-state index in [1.54, 1.807) is 12.1 Å². The molecule has 0 aromatic heterocycles. The average Bonchev–Trinajstić information content (AvgIpc) is 2.37. The van der Waals surface area contributed by atoms with Crippen LogP contribution in [-0.4, -0.2) is 21.0 Å². The molecular weight excluding hydrogens is 266 g/mol. The lowest BCUT2D eigenvalue weighted by molar-refractivity contribution is 0.0499. The zero-order valence-corrected chi connectivity index (χ0v) is 12.0. The molecule has 0 saturated heterocycles. The zero-order valence-electron chi connectivity index (χ0n) is 11.2. The van der Waals surface area contributed by atoms with Gasteiger partial charge in [-0.2, -0.15) is 0 Å². The molecule has 0 saturated carbocycles. The van der Waals surface area contributed by atoms with E-state index in [9.17, 15) is 13.2 Å². The fraction of sp³-hybridized carbons (Fsp3) is 0.462. The predicted octanol–water partition coefficient (Wildman–Crippen LogP) is 1.85. The first-order chi connectivity index (χ1) is 8.90. The Morgan fingerprint density at radius 2 is 2.00 bits per heavy atom. The van der Waals surface area contributed by atoms with Gasteiger partial charge in [0.25, 0.3) is 0 Å². The van der Waals surface area contributed by atoms with Crippen molar-refractivity contribution in [3.8, 4) is 0 Å². The summed E-state index contributed by atoms with van der Waals surface area (Å²) < 4.78 is 28.0. The number of ether oxygens (including phenoxy) is 1. The molecule has 0 aliphatic carbocycles. The van der Waals surface area contributed by atoms with Crippen molar-refractivity contribution in [3.63, 3.8) is 0 Å². The number of unbranched alkanes of at least 4 members (excludes halogenated alkanes) is 1. The second kappa shape index (κ2) is 6.68. The van der Waals surface area contributed by atoms with E-state index in [1.807, 2.05) is 13.8 Å². The molecule has 19 heavy (non-hydrogen) atoms. The number of carbonyl (C=O) groups excluding carboxylic acids is 1. The number of benzene rings is 1. The van der Waals surface area contributed by atoms with Crippen LogP contribution in [0.4, 0.5) is 0 Å². The number of hydrogen-bond acceptors (Lipinski definition) is 4. The minimum atomic E-state index is -3.83. The molecule has 0 fully saturated rings. The van der Waals surface area contributed by atoms with E-state index in [-0.39, 0.29) is 10.5 Å². The second-order valence-electron chi connectivity index (χ2n) is 4.21. The summed E-state index contributed by atoms with van der Waals surface area (Å²) in [4.78, 5) is 11.7. The van der Waals surface area contributed by atoms with Crippen molar-refractivity contribution in [3.05, 3.63) is 29.3 Å². The van der Waals surface area contributed by atoms with Crippen LogP contribution in [0.3, 0.4) is 0 Å². The van der Waals surface area contributed by atoms with Gasteiger partial charge in [0, 0.05) is 0 Å². The van der Waals surface area contributed by atoms with Gasteiger partial charge in [-0.3, -0.25) is 0 Å². The molecule has 1 rings (SSSR count). The molecule has 1 aromatic carbocycles. The molecule has 6 heteroatoms. The SMILES string of the molecule is CCCCOC(=O)c1ccc(CC)c(S(N)(=O)=O)c1. The molecule has 1 aromatic rings. The van der Waals surface area contributed by atoms with E-state index in [0.717, 1.165) is 12.8 Å². The summed E-state index contributed by atoms with van der Waals surface area (Å²) in [5.74, 6) is -0.527. The standard InChI is InChI=1S/C13H19NO4S/c1-3-5-8-18-13(15)11-7-6-10(4-2)12(9-11)19(14,16)17/h6-7,9H,3-5,8H2,1-2H3,(H2,14,16,17). The smallest absolute Gasteiger partial charge is 0.338 e. The molecule has 0 spiro atoms. The number of carbonyl (C=O) groups is 1. The molecule has 0 radical (unpaired) electrons. The van der Waals surface area contributed by atoms with Gasteiger partial charge in [0.05, 0.1) is 17.1 Å². The lowest BCUT2D eigenvalue weighted by Crippen LogP contribution is -2.16. The van der Waals surface area contributed by atoms with Gasteiger partial charge < -0.3 is 4.74 Å². The fourth-order valence-electron chi connectivity index (χ4n) is 1.63. The van der Waals surface area contributed by atoms with E-state index < -0.39 is 16.0 Å². The minimum absolute atomic E-state index is 0.0139. The molecule has 2 N–H and O–H groups in total. The third kappa shape index (κ3) is 4.33. The normalized spacial score (nSPS) is 11.3. The maximum absolute atomic E-state index is 11.7. The van der Waals surface area contributed by atoms with Crippen LogP contribution < -0.4 is 5.14 Å². The Labute approximate surface area is 113 Å². The number of nitrogens with two attached hydrogens (primary N) is 1. The van der Waals surface area contributed by atoms with Gasteiger partial charge in [0.15, 0.2) is 0 Å². The first kappa shape index (κ1) is 15.7. The maximum Gasteiger partial charge on any atom is 0.338 e. The lowest BCUT2D eigenvalue weighted by Gasteiger charge is -2.09. The molecule has 0 unspecified atom stereocenters. The molecule has 0 bridgehead atoms. The van der Waals surface area contributed by atoms with Gasteiger partial charge in [-0.1, -0.05) is 26.3 Å². The van der Waals surface area contributed by atoms with Crippen LogP contribution >= 0.6 is 0 Å². The molecule has 0 amide bonds. The molecular formula is C13H19NO4S. The zero-order chi connectivity index (χ0) is 14.5. The Morgan fingerprint density at radius 3 is 2.53 bits per heavy atom. The Morgan fingerprint density at radius 1 is 1.32 bits per heavy atom. The number of sulfonamides is 1. The molecule has 0 atom stereocenters. The monoisotopic (exact) mass is 285 g/mol. The summed E-state index contributed by atoms with van der Waals surface area (Å²) >= 11 is 0. The third-order valence-electron chi connectivity index (χ3n) is 2.72. The van der Waals surface area contributed by atoms with Crippen molar-refractivity contribution in [1.82, 2.24) is 0 Å². The van der Waals surface area contributed by atoms with E-state index in [1.165, 1.54) is 6.07 Å². The van der Waals surface area contributed by atoms with Crippen LogP contribution in [0.2, 0.25) is 0 Å². The Balaban J connectivity index is 3.02. The van der Waals surface area contributed by atoms with Gasteiger partial charge >= 0.3 is 5.97 Å². The first-order valence-electron chi connectivity index (χ1n) is 6.23. The topological polar surface area (TPSA) is 86.5 Å². The van der Waals surface area contributed by atoms with Crippen molar-refractivity contribution < 1.29 is 17.9 Å². The number of aryl methyl sites for hydroxylation is 1. The van der Waals surface area contributed by atoms with Crippen LogP contribution in [-0.2, 0) is 21.2 Å². The molecule has 0 heterocycles. The minimum Gasteiger partial charge on any atom is -0.462 e. The number of primary sulfonamides is 1. The predicted molar refractivity (Wildman–Crippen MR) is 72.4 cm³/mol. The highest BCUT2D eigenvalue weighted by atomic mass is 32.2. The molecule has 0 aliphatic heterocycles. The summed E-state index contributed by atoms with van der Waals surface area (Å²) in [5.41, 5.74) is 0.796. The Hall–Kier alpha value is -1.40. The number of hydrogen-bond donors (Lipinski definition) is 1. The van der Waals surface area contributed by atoms with Crippen molar-refractivity contribution in [2.24, 2.45) is 5.14 Å². The van der Waals surface area contributed by atoms with E-state index in [4.69, 9.17) is 9.88 Å². The summed E-state index contributed by atoms with van der Waals surface area (Å²) in [6, 6.07) is 4.43. The van der Waals surface area contributed by atoms with E-state index in [0.29, 0.717) is 18.6 Å². The third-order valence-corrected chi connectivity index (χ3v) is 3.71. The molecule has 5 nitrogen and oxygen atoms in total. The average molecular weight is 285 g/mol. The summed E-state index contributed by atoms with van der Waals surface area (Å²) in [7, 11) is -3.83. The van der Waals surface area contributed by atoms with Gasteiger partial charge in [0.2, 0.25) is 10.0 Å². The van der Waals surface area contributed by atoms with Crippen LogP contribution in [0.15, 0.2) is 23.1 Å². The molecule has 0 aliphatic rings. The van der Waals surface area contributed by atoms with Crippen molar-refractivity contribution in [2.45, 2.75) is 38.0 Å². The van der Waals surface area contributed by atoms with Crippen LogP contribution in [0, 0.1) is 0 Å². The van der Waals surface area contributed by atoms with Crippen molar-refractivity contribution >= 4 is 16.0 Å². The van der Waals surface area contributed by atoms with E-state index in [2.05, 4.69) is 0 Å². The maximum atomic E-state index is 11.7. The lowest BCUT2D eigenvalue weighted by atomic mass is 10.1. The summed E-state index contributed by atoms with van der Waals surface area (Å²) in [6.45, 7) is 4.14. The van der Waals surface area contributed by atoms with Crippen LogP contribution in [0.1, 0.15) is 42.6 Å². The van der Waals surface area contributed by atoms with Crippen molar-refractivity contribution in [2.75, 3.05) is 6.61 Å². The first-order valence-corrected chi connectivity index (χ1v) is 7.77. The van der Waals surface area contributed by atoms with Crippen LogP contribution in [0.25, 0.3) is 0 Å². The van der Waals surface area contributed by atoms with E-state index >= 15 is 0 Å². The summed E-state index contributed by atoms with van der Waals surface area (Å²) in [6.07, 6.45) is 2.22. The highest BCUT2D eigenvalue weighted by Gasteiger charge is 2.16. The van der Waals surface area contributed by atoms with Crippen LogP contribution in [0.5, 0.6) is 0 Å². The molecule has 106 valence electrons.